The Kier molecular flexibility index (Phi) is 4.74. The smallest absolute Gasteiger partial charge is 0.274 e. The molecule has 0 aromatic carbocycles. The fraction of sp³-hybridized carbons (Fsp3) is 0.389. The second-order valence-electron chi connectivity index (χ2n) is 6.82. The van der Waals surface area contributed by atoms with Gasteiger partial charge in [-0.1, -0.05) is 0 Å². The molecule has 1 amide bonds. The molecule has 2 N–H and O–H groups in total. The van der Waals surface area contributed by atoms with Crippen LogP contribution >= 0.6 is 0 Å². The number of rotatable bonds is 7. The topological polar surface area (TPSA) is 124 Å². The number of halogens is 1. The molecule has 29 heavy (non-hydrogen) atoms. The van der Waals surface area contributed by atoms with Crippen LogP contribution in [-0.4, -0.2) is 62.1 Å². The lowest BCUT2D eigenvalue weighted by molar-refractivity contribution is 0.0892. The van der Waals surface area contributed by atoms with E-state index in [4.69, 9.17) is 9.47 Å². The zero-order valence-electron chi connectivity index (χ0n) is 15.8. The Balaban J connectivity index is 1.73. The number of carbonyl (C=O) groups excluding carboxylic acids is 1. The first-order chi connectivity index (χ1) is 13.9. The van der Waals surface area contributed by atoms with Crippen molar-refractivity contribution in [1.82, 2.24) is 30.0 Å². The van der Waals surface area contributed by atoms with E-state index in [2.05, 4.69) is 25.4 Å². The number of aliphatic hydroxyl groups is 1. The molecule has 0 aliphatic heterocycles. The monoisotopic (exact) mass is 402 g/mol. The normalized spacial score (nSPS) is 14.6. The lowest BCUT2D eigenvalue weighted by atomic mass is 10.2. The fourth-order valence-corrected chi connectivity index (χ4v) is 2.86. The number of methoxy groups -OCH3 is 2. The molecule has 10 nitrogen and oxygen atoms in total. The van der Waals surface area contributed by atoms with Gasteiger partial charge in [0.05, 0.1) is 38.8 Å². The van der Waals surface area contributed by atoms with Gasteiger partial charge in [-0.05, 0) is 18.9 Å². The molecule has 3 aromatic rings. The third kappa shape index (κ3) is 3.81. The predicted molar refractivity (Wildman–Crippen MR) is 98.2 cm³/mol. The minimum atomic E-state index is -0.844. The van der Waals surface area contributed by atoms with Crippen molar-refractivity contribution in [3.8, 4) is 11.8 Å². The minimum absolute atomic E-state index is 0.0442. The van der Waals surface area contributed by atoms with Crippen LogP contribution < -0.4 is 14.8 Å². The molecular formula is C18H19FN6O4. The zero-order valence-corrected chi connectivity index (χ0v) is 15.8. The van der Waals surface area contributed by atoms with E-state index in [0.717, 1.165) is 6.20 Å². The highest BCUT2D eigenvalue weighted by molar-refractivity contribution is 6.02. The van der Waals surface area contributed by atoms with Gasteiger partial charge in [0.2, 0.25) is 11.8 Å². The Morgan fingerprint density at radius 1 is 1.31 bits per heavy atom. The summed E-state index contributed by atoms with van der Waals surface area (Å²) in [5.41, 5.74) is 0.160. The van der Waals surface area contributed by atoms with E-state index in [1.807, 2.05) is 0 Å². The maximum atomic E-state index is 13.7. The third-order valence-corrected chi connectivity index (χ3v) is 4.66. The van der Waals surface area contributed by atoms with Crippen molar-refractivity contribution in [1.29, 1.82) is 0 Å². The average Bonchev–Trinajstić information content (AvgIpc) is 3.36. The van der Waals surface area contributed by atoms with E-state index >= 15 is 0 Å². The van der Waals surface area contributed by atoms with Gasteiger partial charge in [-0.15, -0.1) is 0 Å². The molecule has 3 aromatic heterocycles. The summed E-state index contributed by atoms with van der Waals surface area (Å²) >= 11 is 0. The number of aromatic nitrogens is 5. The summed E-state index contributed by atoms with van der Waals surface area (Å²) in [6, 6.07) is 1.27. The van der Waals surface area contributed by atoms with Crippen LogP contribution in [-0.2, 0) is 6.54 Å². The summed E-state index contributed by atoms with van der Waals surface area (Å²) in [5.74, 6) is -0.551. The molecule has 0 unspecified atom stereocenters. The molecule has 1 aliphatic carbocycles. The van der Waals surface area contributed by atoms with E-state index in [0.29, 0.717) is 18.4 Å². The molecule has 4 rings (SSSR count). The second kappa shape index (κ2) is 7.24. The molecule has 0 radical (unpaired) electrons. The number of carbonyl (C=O) groups is 1. The molecule has 1 saturated carbocycles. The van der Waals surface area contributed by atoms with E-state index in [1.165, 1.54) is 31.2 Å². The molecule has 0 atom stereocenters. The van der Waals surface area contributed by atoms with Crippen molar-refractivity contribution in [3.63, 3.8) is 0 Å². The second-order valence-corrected chi connectivity index (χ2v) is 6.82. The Morgan fingerprint density at radius 3 is 2.79 bits per heavy atom. The van der Waals surface area contributed by atoms with Gasteiger partial charge in [-0.2, -0.15) is 10.1 Å². The molecular weight excluding hydrogens is 383 g/mol. The quantitative estimate of drug-likeness (QED) is 0.591. The van der Waals surface area contributed by atoms with Gasteiger partial charge in [0.25, 0.3) is 5.91 Å². The lowest BCUT2D eigenvalue weighted by Gasteiger charge is -2.08. The SMILES string of the molecule is COc1cnc2c(C(=O)NCC3(O)CC3)nn(Cc3cc(F)cnc3OC)c2n1. The summed E-state index contributed by atoms with van der Waals surface area (Å²) in [7, 11) is 2.87. The molecule has 3 heterocycles. The summed E-state index contributed by atoms with van der Waals surface area (Å²) in [4.78, 5) is 25.1. The van der Waals surface area contributed by atoms with Crippen molar-refractivity contribution < 1.29 is 23.8 Å². The number of pyridine rings is 1. The maximum Gasteiger partial charge on any atom is 0.274 e. The van der Waals surface area contributed by atoms with E-state index < -0.39 is 17.3 Å². The van der Waals surface area contributed by atoms with Crippen LogP contribution in [0.15, 0.2) is 18.5 Å². The van der Waals surface area contributed by atoms with Gasteiger partial charge in [0.1, 0.15) is 11.3 Å². The molecule has 152 valence electrons. The summed E-state index contributed by atoms with van der Waals surface area (Å²) < 4.78 is 25.4. The highest BCUT2D eigenvalue weighted by atomic mass is 19.1. The summed E-state index contributed by atoms with van der Waals surface area (Å²) in [6.07, 6.45) is 3.72. The van der Waals surface area contributed by atoms with Gasteiger partial charge < -0.3 is 19.9 Å². The van der Waals surface area contributed by atoms with Gasteiger partial charge in [0, 0.05) is 12.1 Å². The highest BCUT2D eigenvalue weighted by Gasteiger charge is 2.40. The first-order valence-corrected chi connectivity index (χ1v) is 8.89. The first kappa shape index (κ1) is 19.0. The van der Waals surface area contributed by atoms with Crippen LogP contribution in [0.1, 0.15) is 28.9 Å². The molecule has 1 fully saturated rings. The third-order valence-electron chi connectivity index (χ3n) is 4.66. The summed E-state index contributed by atoms with van der Waals surface area (Å²) in [6.45, 7) is 0.176. The van der Waals surface area contributed by atoms with Crippen LogP contribution in [0.2, 0.25) is 0 Å². The van der Waals surface area contributed by atoms with Gasteiger partial charge >= 0.3 is 0 Å². The first-order valence-electron chi connectivity index (χ1n) is 8.89. The Hall–Kier alpha value is -3.34. The highest BCUT2D eigenvalue weighted by Crippen LogP contribution is 2.34. The fourth-order valence-electron chi connectivity index (χ4n) is 2.86. The number of ether oxygens (including phenoxy) is 2. The van der Waals surface area contributed by atoms with Crippen molar-refractivity contribution >= 4 is 17.1 Å². The number of nitrogens with zero attached hydrogens (tertiary/aromatic N) is 5. The van der Waals surface area contributed by atoms with Gasteiger partial charge in [0.15, 0.2) is 11.3 Å². The van der Waals surface area contributed by atoms with Crippen LogP contribution in [0.25, 0.3) is 11.2 Å². The predicted octanol–water partition coefficient (Wildman–Crippen LogP) is 0.681. The number of amides is 1. The number of hydrogen-bond donors (Lipinski definition) is 2. The lowest BCUT2D eigenvalue weighted by Crippen LogP contribution is -2.33. The van der Waals surface area contributed by atoms with Gasteiger partial charge in [-0.3, -0.25) is 4.79 Å². The van der Waals surface area contributed by atoms with Crippen molar-refractivity contribution in [2.24, 2.45) is 0 Å². The molecule has 0 spiro atoms. The van der Waals surface area contributed by atoms with E-state index in [9.17, 15) is 14.3 Å². The van der Waals surface area contributed by atoms with Crippen LogP contribution in [0.3, 0.4) is 0 Å². The van der Waals surface area contributed by atoms with Crippen LogP contribution in [0.5, 0.6) is 11.8 Å². The molecule has 0 bridgehead atoms. The molecule has 1 aliphatic rings. The number of nitrogens with one attached hydrogen (secondary N) is 1. The molecule has 0 saturated heterocycles. The van der Waals surface area contributed by atoms with Crippen molar-refractivity contribution in [3.05, 3.63) is 35.5 Å². The zero-order chi connectivity index (χ0) is 20.6. The van der Waals surface area contributed by atoms with Crippen molar-refractivity contribution in [2.75, 3.05) is 20.8 Å². The Bertz CT molecular complexity index is 1080. The maximum absolute atomic E-state index is 13.7. The van der Waals surface area contributed by atoms with Crippen LogP contribution in [0, 0.1) is 5.82 Å². The van der Waals surface area contributed by atoms with E-state index in [1.54, 1.807) is 0 Å². The minimum Gasteiger partial charge on any atom is -0.481 e. The van der Waals surface area contributed by atoms with E-state index in [-0.39, 0.29) is 41.7 Å². The Morgan fingerprint density at radius 2 is 2.10 bits per heavy atom. The largest absolute Gasteiger partial charge is 0.481 e. The molecule has 11 heteroatoms. The Labute approximate surface area is 164 Å². The van der Waals surface area contributed by atoms with Crippen molar-refractivity contribution in [2.45, 2.75) is 25.0 Å². The van der Waals surface area contributed by atoms with Crippen LogP contribution in [0.4, 0.5) is 4.39 Å². The standard InChI is InChI=1S/C18H19FN6O4/c1-28-12-7-20-13-14(16(26)22-9-18(27)3-4-18)24-25(15(13)23-12)8-10-5-11(19)6-21-17(10)29-2/h5-7,27H,3-4,8-9H2,1-2H3,(H,22,26). The number of hydrogen-bond acceptors (Lipinski definition) is 8. The number of fused-ring (bicyclic) bond motifs is 1. The average molecular weight is 402 g/mol. The summed E-state index contributed by atoms with van der Waals surface area (Å²) in [5, 5.41) is 16.9. The van der Waals surface area contributed by atoms with Gasteiger partial charge in [-0.25, -0.2) is 19.0 Å².